The van der Waals surface area contributed by atoms with Gasteiger partial charge in [-0.05, 0) is 11.5 Å². The minimum Gasteiger partial charge on any atom is -0.389 e. The second kappa shape index (κ2) is 9.05. The number of rotatable bonds is 9. The fraction of sp³-hybridized carbons (Fsp3) is 0.571. The Morgan fingerprint density at radius 3 is 2.56 bits per heavy atom. The van der Waals surface area contributed by atoms with Gasteiger partial charge in [-0.1, -0.05) is 44.2 Å². The van der Waals surface area contributed by atoms with Crippen molar-refractivity contribution in [2.24, 2.45) is 5.92 Å². The van der Waals surface area contributed by atoms with Crippen molar-refractivity contribution in [3.05, 3.63) is 35.9 Å². The number of hydroxylamine groups is 1. The second-order valence-corrected chi connectivity index (χ2v) is 4.71. The van der Waals surface area contributed by atoms with Gasteiger partial charge in [0, 0.05) is 13.2 Å². The number of benzene rings is 1. The maximum atomic E-state index is 9.59. The highest BCUT2D eigenvalue weighted by Crippen LogP contribution is 1.99. The van der Waals surface area contributed by atoms with Crippen LogP contribution >= 0.6 is 0 Å². The van der Waals surface area contributed by atoms with Crippen LogP contribution in [0.3, 0.4) is 0 Å². The van der Waals surface area contributed by atoms with Crippen molar-refractivity contribution in [1.29, 1.82) is 0 Å². The topological polar surface area (TPSA) is 50.7 Å². The fourth-order valence-electron chi connectivity index (χ4n) is 1.36. The van der Waals surface area contributed by atoms with E-state index in [1.807, 2.05) is 30.3 Å². The zero-order valence-corrected chi connectivity index (χ0v) is 11.1. The third-order valence-corrected chi connectivity index (χ3v) is 2.26. The summed E-state index contributed by atoms with van der Waals surface area (Å²) >= 11 is 0. The molecular formula is C14H23NO3. The van der Waals surface area contributed by atoms with E-state index in [0.29, 0.717) is 32.3 Å². The average molecular weight is 253 g/mol. The van der Waals surface area contributed by atoms with Crippen LogP contribution in [0.5, 0.6) is 0 Å². The summed E-state index contributed by atoms with van der Waals surface area (Å²) in [5.41, 5.74) is 3.83. The summed E-state index contributed by atoms with van der Waals surface area (Å²) in [7, 11) is 0. The molecule has 0 saturated heterocycles. The maximum Gasteiger partial charge on any atom is 0.0933 e. The zero-order chi connectivity index (χ0) is 13.2. The van der Waals surface area contributed by atoms with Gasteiger partial charge in [-0.3, -0.25) is 4.84 Å². The van der Waals surface area contributed by atoms with E-state index >= 15 is 0 Å². The molecule has 0 aromatic heterocycles. The van der Waals surface area contributed by atoms with E-state index in [4.69, 9.17) is 9.57 Å². The lowest BCUT2D eigenvalue weighted by Crippen LogP contribution is -2.30. The summed E-state index contributed by atoms with van der Waals surface area (Å²) < 4.78 is 5.33. The van der Waals surface area contributed by atoms with Gasteiger partial charge in [-0.15, -0.1) is 0 Å². The van der Waals surface area contributed by atoms with Gasteiger partial charge in [0.25, 0.3) is 0 Å². The van der Waals surface area contributed by atoms with Crippen molar-refractivity contribution in [2.45, 2.75) is 26.6 Å². The summed E-state index contributed by atoms with van der Waals surface area (Å²) in [5, 5.41) is 9.59. The lowest BCUT2D eigenvalue weighted by atomic mass is 10.2. The first-order valence-corrected chi connectivity index (χ1v) is 6.33. The van der Waals surface area contributed by atoms with Crippen molar-refractivity contribution in [1.82, 2.24) is 5.48 Å². The first kappa shape index (κ1) is 15.1. The summed E-state index contributed by atoms with van der Waals surface area (Å²) in [4.78, 5) is 5.25. The quantitative estimate of drug-likeness (QED) is 0.520. The molecule has 4 nitrogen and oxygen atoms in total. The molecule has 0 aliphatic heterocycles. The minimum absolute atomic E-state index is 0.333. The van der Waals surface area contributed by atoms with E-state index in [1.54, 1.807) is 0 Å². The number of aliphatic hydroxyl groups is 1. The number of ether oxygens (including phenoxy) is 1. The Labute approximate surface area is 109 Å². The molecule has 0 amide bonds. The molecule has 2 N–H and O–H groups in total. The number of hydrogen-bond acceptors (Lipinski definition) is 4. The third kappa shape index (κ3) is 7.40. The Balaban J connectivity index is 2.00. The van der Waals surface area contributed by atoms with Crippen LogP contribution in [-0.2, 0) is 16.2 Å². The number of aliphatic hydroxyl groups excluding tert-OH is 1. The van der Waals surface area contributed by atoms with Crippen molar-refractivity contribution in [2.75, 3.05) is 19.8 Å². The minimum atomic E-state index is -0.542. The molecule has 18 heavy (non-hydrogen) atoms. The van der Waals surface area contributed by atoms with Crippen molar-refractivity contribution >= 4 is 0 Å². The van der Waals surface area contributed by atoms with Crippen LogP contribution in [0.25, 0.3) is 0 Å². The lowest BCUT2D eigenvalue weighted by molar-refractivity contribution is -0.0249. The molecular weight excluding hydrogens is 230 g/mol. The van der Waals surface area contributed by atoms with E-state index in [2.05, 4.69) is 19.3 Å². The van der Waals surface area contributed by atoms with Crippen LogP contribution in [0.15, 0.2) is 30.3 Å². The smallest absolute Gasteiger partial charge is 0.0933 e. The molecule has 102 valence electrons. The van der Waals surface area contributed by atoms with E-state index in [9.17, 15) is 5.11 Å². The van der Waals surface area contributed by atoms with Crippen LogP contribution < -0.4 is 5.48 Å². The van der Waals surface area contributed by atoms with E-state index < -0.39 is 6.10 Å². The predicted molar refractivity (Wildman–Crippen MR) is 70.9 cm³/mol. The largest absolute Gasteiger partial charge is 0.389 e. The molecule has 1 atom stereocenters. The monoisotopic (exact) mass is 253 g/mol. The molecule has 1 aromatic carbocycles. The number of hydrogen-bond donors (Lipinski definition) is 2. The van der Waals surface area contributed by atoms with E-state index in [1.165, 1.54) is 0 Å². The molecule has 0 aliphatic rings. The Morgan fingerprint density at radius 2 is 1.89 bits per heavy atom. The average Bonchev–Trinajstić information content (AvgIpc) is 2.35. The Hall–Kier alpha value is -0.940. The normalized spacial score (nSPS) is 12.9. The first-order valence-electron chi connectivity index (χ1n) is 6.33. The molecule has 0 spiro atoms. The molecule has 0 fully saturated rings. The van der Waals surface area contributed by atoms with Crippen LogP contribution in [0.1, 0.15) is 19.4 Å². The van der Waals surface area contributed by atoms with Crippen LogP contribution in [0.2, 0.25) is 0 Å². The summed E-state index contributed by atoms with van der Waals surface area (Å²) in [6.45, 7) is 6.01. The Kier molecular flexibility index (Phi) is 7.60. The Bertz CT molecular complexity index is 303. The molecule has 1 unspecified atom stereocenters. The van der Waals surface area contributed by atoms with Gasteiger partial charge in [0.15, 0.2) is 0 Å². The van der Waals surface area contributed by atoms with Gasteiger partial charge >= 0.3 is 0 Å². The molecule has 0 heterocycles. The standard InChI is InChI=1S/C14H23NO3/c1-12(2)9-17-11-14(16)8-15-18-10-13-6-4-3-5-7-13/h3-7,12,14-16H,8-11H2,1-2H3. The van der Waals surface area contributed by atoms with Gasteiger partial charge in [-0.25, -0.2) is 0 Å². The van der Waals surface area contributed by atoms with Gasteiger partial charge < -0.3 is 9.84 Å². The highest BCUT2D eigenvalue weighted by molar-refractivity contribution is 5.13. The second-order valence-electron chi connectivity index (χ2n) is 4.71. The maximum absolute atomic E-state index is 9.59. The third-order valence-electron chi connectivity index (χ3n) is 2.26. The van der Waals surface area contributed by atoms with E-state index in [-0.39, 0.29) is 0 Å². The van der Waals surface area contributed by atoms with Crippen LogP contribution in [0.4, 0.5) is 0 Å². The first-order chi connectivity index (χ1) is 8.68. The van der Waals surface area contributed by atoms with Gasteiger partial charge in [0.1, 0.15) is 0 Å². The summed E-state index contributed by atoms with van der Waals surface area (Å²) in [6, 6.07) is 9.88. The summed E-state index contributed by atoms with van der Waals surface area (Å²) in [5.74, 6) is 0.486. The zero-order valence-electron chi connectivity index (χ0n) is 11.1. The van der Waals surface area contributed by atoms with Crippen LogP contribution in [-0.4, -0.2) is 31.0 Å². The van der Waals surface area contributed by atoms with Crippen molar-refractivity contribution < 1.29 is 14.7 Å². The molecule has 0 saturated carbocycles. The fourth-order valence-corrected chi connectivity index (χ4v) is 1.36. The van der Waals surface area contributed by atoms with Crippen LogP contribution in [0, 0.1) is 5.92 Å². The van der Waals surface area contributed by atoms with Gasteiger partial charge in [-0.2, -0.15) is 5.48 Å². The Morgan fingerprint density at radius 1 is 1.17 bits per heavy atom. The molecule has 0 bridgehead atoms. The highest BCUT2D eigenvalue weighted by atomic mass is 16.6. The SMILES string of the molecule is CC(C)COCC(O)CNOCc1ccccc1. The lowest BCUT2D eigenvalue weighted by Gasteiger charge is -2.13. The van der Waals surface area contributed by atoms with Gasteiger partial charge in [0.05, 0.1) is 19.3 Å². The molecule has 4 heteroatoms. The van der Waals surface area contributed by atoms with Crippen molar-refractivity contribution in [3.63, 3.8) is 0 Å². The summed E-state index contributed by atoms with van der Waals surface area (Å²) in [6.07, 6.45) is -0.542. The van der Waals surface area contributed by atoms with Gasteiger partial charge in [0.2, 0.25) is 0 Å². The van der Waals surface area contributed by atoms with E-state index in [0.717, 1.165) is 5.56 Å². The molecule has 0 aliphatic carbocycles. The highest BCUT2D eigenvalue weighted by Gasteiger charge is 2.04. The molecule has 1 rings (SSSR count). The number of nitrogens with one attached hydrogen (secondary N) is 1. The molecule has 0 radical (unpaired) electrons. The molecule has 1 aromatic rings. The predicted octanol–water partition coefficient (Wildman–Crippen LogP) is 1.74. The van der Waals surface area contributed by atoms with Crippen molar-refractivity contribution in [3.8, 4) is 0 Å².